The third-order valence-electron chi connectivity index (χ3n) is 5.68. The molecule has 0 saturated carbocycles. The van der Waals surface area contributed by atoms with E-state index in [9.17, 15) is 29.7 Å². The van der Waals surface area contributed by atoms with Crippen LogP contribution in [0.5, 0.6) is 0 Å². The predicted octanol–water partition coefficient (Wildman–Crippen LogP) is 0.661. The zero-order chi connectivity index (χ0) is 27.6. The topological polar surface area (TPSA) is 147 Å². The number of hydrogen-bond donors (Lipinski definition) is 3. The molecule has 4 heterocycles. The van der Waals surface area contributed by atoms with Crippen molar-refractivity contribution >= 4 is 81.8 Å². The van der Waals surface area contributed by atoms with Crippen LogP contribution in [0, 0.1) is 0 Å². The molecule has 2 aromatic heterocycles. The summed E-state index contributed by atoms with van der Waals surface area (Å²) < 4.78 is 1.50. The van der Waals surface area contributed by atoms with Gasteiger partial charge in [0, 0.05) is 35.0 Å². The van der Waals surface area contributed by atoms with Gasteiger partial charge in [-0.25, -0.2) is 14.3 Å². The lowest BCUT2D eigenvalue weighted by Gasteiger charge is -2.49. The number of β-lactam (4-membered cyclic amide) rings is 1. The lowest BCUT2D eigenvalue weighted by atomic mass is 10.0. The summed E-state index contributed by atoms with van der Waals surface area (Å²) in [5.41, 5.74) is 1.33. The number of halogens is 2. The van der Waals surface area contributed by atoms with Gasteiger partial charge in [0.15, 0.2) is 25.0 Å². The van der Waals surface area contributed by atoms with E-state index in [1.54, 1.807) is 36.7 Å². The molecule has 0 spiro atoms. The van der Waals surface area contributed by atoms with E-state index < -0.39 is 29.5 Å². The van der Waals surface area contributed by atoms with Crippen LogP contribution in [0.4, 0.5) is 0 Å². The van der Waals surface area contributed by atoms with Gasteiger partial charge < -0.3 is 25.4 Å². The first-order chi connectivity index (χ1) is 18.0. The van der Waals surface area contributed by atoms with Crippen molar-refractivity contribution in [1.82, 2.24) is 15.2 Å². The van der Waals surface area contributed by atoms with Gasteiger partial charge in [0.05, 0.1) is 11.0 Å². The fourth-order valence-corrected chi connectivity index (χ4v) is 7.10. The highest BCUT2D eigenvalue weighted by Gasteiger charge is 2.53. The van der Waals surface area contributed by atoms with E-state index in [0.29, 0.717) is 28.5 Å². The molecule has 1 unspecified atom stereocenters. The fourth-order valence-electron chi connectivity index (χ4n) is 3.93. The van der Waals surface area contributed by atoms with Gasteiger partial charge in [0.1, 0.15) is 27.4 Å². The van der Waals surface area contributed by atoms with Crippen LogP contribution in [0.25, 0.3) is 0 Å². The van der Waals surface area contributed by atoms with Crippen LogP contribution in [0.3, 0.4) is 0 Å². The van der Waals surface area contributed by atoms with Gasteiger partial charge in [-0.15, -0.1) is 23.5 Å². The van der Waals surface area contributed by atoms with Gasteiger partial charge in [0.2, 0.25) is 0 Å². The standard InChI is InChI=1S/C23H20Cl2N4O6S3/c24-15-5-11(6-16(25)26-15)7-17(36)27-18-20(31)29-19(23(34)35)12(10-38-21(18)29)9-37-13-1-3-28(4-2-13)8-14(30)22(32)33/h1-6,14,18,21,30H,7-10H2,(H2-,27,32,33,34,35,36)/t14?,18-,21-/m1/s1. The quantitative estimate of drug-likeness (QED) is 0.114. The summed E-state index contributed by atoms with van der Waals surface area (Å²) in [5.74, 6) is -2.34. The molecule has 1 fully saturated rings. The summed E-state index contributed by atoms with van der Waals surface area (Å²) in [6.45, 7) is -0.153. The molecule has 200 valence electrons. The van der Waals surface area contributed by atoms with Crippen LogP contribution >= 0.6 is 58.9 Å². The summed E-state index contributed by atoms with van der Waals surface area (Å²) in [5, 5.41) is 33.1. The molecule has 15 heteroatoms. The highest BCUT2D eigenvalue weighted by molar-refractivity contribution is 8.01. The normalized spacial score (nSPS) is 19.4. The van der Waals surface area contributed by atoms with Crippen LogP contribution in [0.1, 0.15) is 5.56 Å². The number of fused-ring (bicyclic) bond motifs is 1. The number of aliphatic hydroxyl groups is 1. The van der Waals surface area contributed by atoms with Crippen molar-refractivity contribution in [3.05, 3.63) is 63.8 Å². The van der Waals surface area contributed by atoms with Crippen molar-refractivity contribution in [3.8, 4) is 0 Å². The summed E-state index contributed by atoms with van der Waals surface area (Å²) in [4.78, 5) is 42.2. The minimum atomic E-state index is -1.62. The predicted molar refractivity (Wildman–Crippen MR) is 144 cm³/mol. The zero-order valence-electron chi connectivity index (χ0n) is 19.4. The Bertz CT molecular complexity index is 1310. The molecule has 3 N–H and O–H groups in total. The van der Waals surface area contributed by atoms with Gasteiger partial charge in [-0.3, -0.25) is 9.69 Å². The number of carboxylic acids is 2. The Kier molecular flexibility index (Phi) is 9.16. The first kappa shape index (κ1) is 28.6. The second kappa shape index (κ2) is 12.2. The number of aliphatic hydroxyl groups excluding tert-OH is 1. The van der Waals surface area contributed by atoms with E-state index >= 15 is 0 Å². The maximum Gasteiger partial charge on any atom is 0.352 e. The Morgan fingerprint density at radius 2 is 1.97 bits per heavy atom. The molecule has 4 rings (SSSR count). The fraction of sp³-hybridized carbons (Fsp3) is 0.304. The van der Waals surface area contributed by atoms with E-state index in [2.05, 4.69) is 10.3 Å². The summed E-state index contributed by atoms with van der Waals surface area (Å²) >= 11 is 20.1. The van der Waals surface area contributed by atoms with E-state index in [0.717, 1.165) is 10.5 Å². The van der Waals surface area contributed by atoms with Crippen LogP contribution in [-0.2, 0) is 27.3 Å². The number of carboxylic acid groups (broad SMARTS) is 2. The number of hydrogen-bond acceptors (Lipinski definition) is 9. The van der Waals surface area contributed by atoms with Gasteiger partial charge in [-0.1, -0.05) is 35.4 Å². The number of nitrogens with one attached hydrogen (secondary N) is 1. The maximum atomic E-state index is 13.0. The van der Waals surface area contributed by atoms with Crippen molar-refractivity contribution in [2.75, 3.05) is 11.5 Å². The van der Waals surface area contributed by atoms with Crippen molar-refractivity contribution in [2.24, 2.45) is 0 Å². The summed E-state index contributed by atoms with van der Waals surface area (Å²) in [6.07, 6.45) is 1.89. The molecule has 10 nitrogen and oxygen atoms in total. The lowest BCUT2D eigenvalue weighted by molar-refractivity contribution is -0.702. The highest BCUT2D eigenvalue weighted by atomic mass is 35.5. The number of nitrogens with zero attached hydrogens (tertiary/aromatic N) is 3. The highest BCUT2D eigenvalue weighted by Crippen LogP contribution is 2.41. The average Bonchev–Trinajstić information content (AvgIpc) is 2.85. The van der Waals surface area contributed by atoms with Crippen LogP contribution in [0.15, 0.2) is 52.8 Å². The smallest absolute Gasteiger partial charge is 0.352 e. The Morgan fingerprint density at radius 3 is 2.58 bits per heavy atom. The Balaban J connectivity index is 1.38. The van der Waals surface area contributed by atoms with Gasteiger partial charge >= 0.3 is 5.97 Å². The minimum Gasteiger partial charge on any atom is -0.547 e. The van der Waals surface area contributed by atoms with Crippen molar-refractivity contribution in [2.45, 2.75) is 35.4 Å². The van der Waals surface area contributed by atoms with Gasteiger partial charge in [-0.05, 0) is 23.3 Å². The zero-order valence-corrected chi connectivity index (χ0v) is 23.3. The number of aromatic nitrogens is 2. The van der Waals surface area contributed by atoms with E-state index in [1.807, 2.05) is 0 Å². The molecule has 0 bridgehead atoms. The van der Waals surface area contributed by atoms with Crippen LogP contribution in [-0.4, -0.2) is 72.0 Å². The number of rotatable bonds is 10. The van der Waals surface area contributed by atoms with E-state index in [-0.39, 0.29) is 28.5 Å². The van der Waals surface area contributed by atoms with E-state index in [4.69, 9.17) is 35.4 Å². The molecule has 0 aliphatic carbocycles. The largest absolute Gasteiger partial charge is 0.547 e. The Morgan fingerprint density at radius 1 is 1.32 bits per heavy atom. The molecule has 38 heavy (non-hydrogen) atoms. The number of thiocarbonyl (C=S) groups is 1. The van der Waals surface area contributed by atoms with Crippen molar-refractivity contribution < 1.29 is 34.3 Å². The van der Waals surface area contributed by atoms with Crippen LogP contribution in [0.2, 0.25) is 10.3 Å². The number of aliphatic carboxylic acids is 2. The second-order valence-corrected chi connectivity index (χ2v) is 11.8. The van der Waals surface area contributed by atoms with Gasteiger partial charge in [-0.2, -0.15) is 0 Å². The van der Waals surface area contributed by atoms with Gasteiger partial charge in [0.25, 0.3) is 5.91 Å². The first-order valence-corrected chi connectivity index (χ1v) is 14.3. The lowest BCUT2D eigenvalue weighted by Crippen LogP contribution is -2.70. The number of carbonyl (C=O) groups is 3. The number of thioether (sulfide) groups is 2. The van der Waals surface area contributed by atoms with Crippen LogP contribution < -0.4 is 15.0 Å². The molecule has 3 atom stereocenters. The number of amides is 1. The Hall–Kier alpha value is -2.42. The average molecular weight is 616 g/mol. The van der Waals surface area contributed by atoms with E-state index in [1.165, 1.54) is 33.0 Å². The monoisotopic (exact) mass is 614 g/mol. The molecule has 2 aliphatic rings. The molecule has 0 radical (unpaired) electrons. The number of carbonyl (C=O) groups excluding carboxylic acids is 2. The SMILES string of the molecule is O=C(O)C1=C(CSc2cc[n+](CC(O)C(=O)[O-])cc2)CS[C@@H]2[C@H](NC(=S)Cc3cc(Cl)nc(Cl)c3)C(=O)N12. The summed E-state index contributed by atoms with van der Waals surface area (Å²) in [7, 11) is 0. The third kappa shape index (κ3) is 6.58. The Labute approximate surface area is 241 Å². The summed E-state index contributed by atoms with van der Waals surface area (Å²) in [6, 6.07) is 6.06. The molecule has 2 aromatic rings. The molecular formula is C23H20Cl2N4O6S3. The van der Waals surface area contributed by atoms with Crippen molar-refractivity contribution in [3.63, 3.8) is 0 Å². The van der Waals surface area contributed by atoms with Crippen molar-refractivity contribution in [1.29, 1.82) is 0 Å². The third-order valence-corrected chi connectivity index (χ3v) is 8.77. The molecular weight excluding hydrogens is 595 g/mol. The maximum absolute atomic E-state index is 13.0. The molecule has 1 amide bonds. The minimum absolute atomic E-state index is 0.0222. The first-order valence-electron chi connectivity index (χ1n) is 11.1. The molecule has 0 aromatic carbocycles. The number of pyridine rings is 2. The molecule has 2 aliphatic heterocycles. The molecule has 1 saturated heterocycles. The second-order valence-electron chi connectivity index (χ2n) is 8.36.